The molecule has 0 heterocycles. The van der Waals surface area contributed by atoms with Gasteiger partial charge in [0.05, 0.1) is 0 Å². The number of hydrogen-bond acceptors (Lipinski definition) is 4. The quantitative estimate of drug-likeness (QED) is 0.410. The van der Waals surface area contributed by atoms with Crippen LogP contribution in [0.1, 0.15) is 13.3 Å². The summed E-state index contributed by atoms with van der Waals surface area (Å²) < 4.78 is 18.6. The first-order valence-corrected chi connectivity index (χ1v) is 11.1. The van der Waals surface area contributed by atoms with E-state index in [1.165, 1.54) is 0 Å². The Balaban J connectivity index is 3.71. The van der Waals surface area contributed by atoms with Gasteiger partial charge < -0.3 is 0 Å². The summed E-state index contributed by atoms with van der Waals surface area (Å²) in [5.74, 6) is -0.332. The zero-order valence-corrected chi connectivity index (χ0v) is 12.4. The van der Waals surface area contributed by atoms with E-state index in [9.17, 15) is 4.79 Å². The Labute approximate surface area is 97.2 Å². The van der Waals surface area contributed by atoms with Gasteiger partial charge in [0.1, 0.15) is 0 Å². The van der Waals surface area contributed by atoms with Crippen molar-refractivity contribution in [1.29, 1.82) is 0 Å². The molecule has 5 heteroatoms. The molecule has 0 N–H and O–H groups in total. The molecule has 0 aliphatic rings. The molecule has 0 aromatic heterocycles. The third-order valence-electron chi connectivity index (χ3n) is 2.22. The van der Waals surface area contributed by atoms with Gasteiger partial charge >= 0.3 is 97.4 Å². The van der Waals surface area contributed by atoms with Crippen LogP contribution in [0, 0.1) is 0 Å². The fraction of sp³-hybridized carbons (Fsp3) is 0.700. The maximum atomic E-state index is 11.0. The van der Waals surface area contributed by atoms with E-state index >= 15 is 0 Å². The summed E-state index contributed by atoms with van der Waals surface area (Å²) in [7, 11) is 3.36. The molecule has 15 heavy (non-hydrogen) atoms. The zero-order valence-electron chi connectivity index (χ0n) is 9.96. The topological polar surface area (TPSA) is 44.8 Å². The minimum atomic E-state index is -2.73. The molecule has 0 rings (SSSR count). The molecule has 0 aliphatic heterocycles. The van der Waals surface area contributed by atoms with Crippen molar-refractivity contribution in [2.75, 3.05) is 20.8 Å². The average molecular weight is 295 g/mol. The Morgan fingerprint density at radius 3 is 2.27 bits per heavy atom. The van der Waals surface area contributed by atoms with E-state index in [4.69, 9.17) is 10.4 Å². The Morgan fingerprint density at radius 1 is 1.33 bits per heavy atom. The van der Waals surface area contributed by atoms with Gasteiger partial charge in [-0.2, -0.15) is 0 Å². The SMILES string of the molecule is C=C(C)C(=O)OCC[CH2][Zr]([CH3])([O]C)[O]C. The van der Waals surface area contributed by atoms with E-state index < -0.39 is 21.1 Å². The first-order chi connectivity index (χ1) is 6.95. The first kappa shape index (κ1) is 15.0. The van der Waals surface area contributed by atoms with E-state index in [-0.39, 0.29) is 5.97 Å². The molecule has 0 aliphatic carbocycles. The van der Waals surface area contributed by atoms with Crippen LogP contribution in [0.2, 0.25) is 8.76 Å². The molecule has 0 radical (unpaired) electrons. The number of esters is 1. The van der Waals surface area contributed by atoms with Crippen LogP contribution in [0.4, 0.5) is 0 Å². The van der Waals surface area contributed by atoms with Crippen LogP contribution in [0.15, 0.2) is 12.2 Å². The minimum absolute atomic E-state index is 0.332. The summed E-state index contributed by atoms with van der Waals surface area (Å²) in [6.45, 7) is 5.55. The molecule has 4 nitrogen and oxygen atoms in total. The van der Waals surface area contributed by atoms with E-state index in [0.29, 0.717) is 12.2 Å². The maximum absolute atomic E-state index is 11.0. The van der Waals surface area contributed by atoms with Gasteiger partial charge in [0.25, 0.3) is 0 Å². The average Bonchev–Trinajstić information content (AvgIpc) is 2.23. The van der Waals surface area contributed by atoms with Crippen molar-refractivity contribution in [2.24, 2.45) is 0 Å². The Kier molecular flexibility index (Phi) is 7.32. The van der Waals surface area contributed by atoms with E-state index in [2.05, 4.69) is 11.2 Å². The van der Waals surface area contributed by atoms with Crippen LogP contribution in [0.5, 0.6) is 0 Å². The zero-order chi connectivity index (χ0) is 11.9. The van der Waals surface area contributed by atoms with Gasteiger partial charge in [-0.3, -0.25) is 0 Å². The van der Waals surface area contributed by atoms with Gasteiger partial charge in [-0.15, -0.1) is 0 Å². The summed E-state index contributed by atoms with van der Waals surface area (Å²) in [6, 6.07) is 0. The van der Waals surface area contributed by atoms with E-state index in [0.717, 1.165) is 10.5 Å². The van der Waals surface area contributed by atoms with Gasteiger partial charge in [0.15, 0.2) is 0 Å². The van der Waals surface area contributed by atoms with Crippen molar-refractivity contribution in [1.82, 2.24) is 0 Å². The third kappa shape index (κ3) is 6.23. The molecule has 0 aromatic rings. The fourth-order valence-electron chi connectivity index (χ4n) is 0.969. The second-order valence-electron chi connectivity index (χ2n) is 3.56. The van der Waals surface area contributed by atoms with E-state index in [1.807, 2.05) is 0 Å². The Morgan fingerprint density at radius 2 is 1.87 bits per heavy atom. The summed E-state index contributed by atoms with van der Waals surface area (Å²) in [4.78, 5) is 11.0. The third-order valence-corrected chi connectivity index (χ3v) is 9.57. The molecule has 0 fully saturated rings. The normalized spacial score (nSPS) is 11.2. The fourth-order valence-corrected chi connectivity index (χ4v) is 4.32. The van der Waals surface area contributed by atoms with Crippen LogP contribution in [-0.2, 0) is 36.3 Å². The molecular formula is C10H20O4Zr. The van der Waals surface area contributed by atoms with Gasteiger partial charge in [-0.1, -0.05) is 0 Å². The predicted octanol–water partition coefficient (Wildman–Crippen LogP) is 2.24. The van der Waals surface area contributed by atoms with Gasteiger partial charge in [-0.05, 0) is 0 Å². The number of hydrogen-bond donors (Lipinski definition) is 0. The predicted molar refractivity (Wildman–Crippen MR) is 55.1 cm³/mol. The van der Waals surface area contributed by atoms with Crippen LogP contribution in [-0.4, -0.2) is 26.8 Å². The van der Waals surface area contributed by atoms with Crippen molar-refractivity contribution in [3.63, 3.8) is 0 Å². The number of carbonyl (C=O) groups excluding carboxylic acids is 1. The van der Waals surface area contributed by atoms with Crippen molar-refractivity contribution in [3.8, 4) is 0 Å². The van der Waals surface area contributed by atoms with Crippen LogP contribution >= 0.6 is 0 Å². The summed E-state index contributed by atoms with van der Waals surface area (Å²) in [6.07, 6.45) is 0.785. The molecule has 0 saturated heterocycles. The molecule has 0 spiro atoms. The van der Waals surface area contributed by atoms with Gasteiger partial charge in [-0.25, -0.2) is 0 Å². The standard InChI is InChI=1S/C7H11O2.2CH3O.CH3.Zr/c1-4-5-9-7(8)6(2)3;2*1-2;;/h1-2,4-5H2,3H3;2*1H3;1H3;/q;2*-1;;+2. The van der Waals surface area contributed by atoms with Crippen molar-refractivity contribution < 1.29 is 36.3 Å². The van der Waals surface area contributed by atoms with Crippen LogP contribution < -0.4 is 0 Å². The van der Waals surface area contributed by atoms with Gasteiger partial charge in [0, 0.05) is 0 Å². The summed E-state index contributed by atoms with van der Waals surface area (Å²) >= 11 is -2.73. The molecule has 0 bridgehead atoms. The van der Waals surface area contributed by atoms with Crippen LogP contribution in [0.25, 0.3) is 0 Å². The second-order valence-corrected chi connectivity index (χ2v) is 12.4. The van der Waals surface area contributed by atoms with E-state index in [1.54, 1.807) is 21.1 Å². The molecule has 0 unspecified atom stereocenters. The second kappa shape index (κ2) is 7.31. The van der Waals surface area contributed by atoms with Gasteiger partial charge in [0.2, 0.25) is 0 Å². The molecule has 0 atom stereocenters. The Bertz CT molecular complexity index is 223. The molecular weight excluding hydrogens is 275 g/mol. The number of ether oxygens (including phenoxy) is 1. The Hall–Kier alpha value is 0.0131. The monoisotopic (exact) mass is 294 g/mol. The van der Waals surface area contributed by atoms with Crippen molar-refractivity contribution >= 4 is 5.97 Å². The van der Waals surface area contributed by atoms with Crippen molar-refractivity contribution in [3.05, 3.63) is 12.2 Å². The number of carbonyl (C=O) groups is 1. The molecule has 0 aromatic carbocycles. The molecule has 88 valence electrons. The van der Waals surface area contributed by atoms with Crippen molar-refractivity contribution in [2.45, 2.75) is 22.1 Å². The molecule has 0 amide bonds. The molecule has 0 saturated carbocycles. The van der Waals surface area contributed by atoms with Crippen LogP contribution in [0.3, 0.4) is 0 Å². The summed E-state index contributed by atoms with van der Waals surface area (Å²) in [5.41, 5.74) is 0.430. The summed E-state index contributed by atoms with van der Waals surface area (Å²) in [5, 5.41) is 0. The number of rotatable bonds is 7. The first-order valence-electron chi connectivity index (χ1n) is 4.88.